The van der Waals surface area contributed by atoms with Crippen LogP contribution in [0.3, 0.4) is 0 Å². The van der Waals surface area contributed by atoms with Crippen molar-refractivity contribution in [2.45, 2.75) is 70.8 Å². The minimum atomic E-state index is 0.193. The Morgan fingerprint density at radius 1 is 0.964 bits per heavy atom. The van der Waals surface area contributed by atoms with Gasteiger partial charge < -0.3 is 14.5 Å². The fraction of sp³-hybridized carbons (Fsp3) is 0.957. The van der Waals surface area contributed by atoms with E-state index in [2.05, 4.69) is 28.5 Å². The van der Waals surface area contributed by atoms with Crippen LogP contribution >= 0.6 is 0 Å². The first-order valence-corrected chi connectivity index (χ1v) is 11.8. The molecule has 160 valence electrons. The van der Waals surface area contributed by atoms with Gasteiger partial charge >= 0.3 is 0 Å². The first-order valence-electron chi connectivity index (χ1n) is 11.8. The summed E-state index contributed by atoms with van der Waals surface area (Å²) in [4.78, 5) is 20.6. The topological polar surface area (TPSA) is 36.0 Å². The third kappa shape index (κ3) is 4.57. The normalized spacial score (nSPS) is 31.6. The number of nitrogens with zero attached hydrogens (tertiary/aromatic N) is 3. The van der Waals surface area contributed by atoms with Crippen LogP contribution < -0.4 is 0 Å². The molecule has 1 saturated carbocycles. The highest BCUT2D eigenvalue weighted by Crippen LogP contribution is 2.40. The van der Waals surface area contributed by atoms with E-state index in [4.69, 9.17) is 4.74 Å². The monoisotopic (exact) mass is 391 g/mol. The van der Waals surface area contributed by atoms with Gasteiger partial charge in [0.1, 0.15) is 0 Å². The minimum absolute atomic E-state index is 0.193. The lowest BCUT2D eigenvalue weighted by Gasteiger charge is -2.47. The molecule has 1 spiro atoms. The Labute approximate surface area is 171 Å². The molecule has 0 aromatic carbocycles. The van der Waals surface area contributed by atoms with Gasteiger partial charge in [-0.25, -0.2) is 0 Å². The summed E-state index contributed by atoms with van der Waals surface area (Å²) in [6, 6.07) is 0. The Hall–Kier alpha value is -0.650. The summed E-state index contributed by atoms with van der Waals surface area (Å²) in [5.41, 5.74) is 0.544. The zero-order valence-corrected chi connectivity index (χ0v) is 18.3. The number of amides is 1. The number of rotatable bonds is 4. The SMILES string of the molecule is CC(C)(CN1CCC[C@]2(CCN(C(=O)C3CCCCC3)C2)C1)N1CCOCC1. The van der Waals surface area contributed by atoms with E-state index in [1.807, 2.05) is 0 Å². The van der Waals surface area contributed by atoms with Gasteiger partial charge in [0.2, 0.25) is 5.91 Å². The van der Waals surface area contributed by atoms with Crippen LogP contribution in [0.25, 0.3) is 0 Å². The number of carbonyl (C=O) groups excluding carboxylic acids is 1. The van der Waals surface area contributed by atoms with Crippen molar-refractivity contribution in [3.8, 4) is 0 Å². The second-order valence-electron chi connectivity index (χ2n) is 10.6. The second kappa shape index (κ2) is 8.61. The predicted molar refractivity (Wildman–Crippen MR) is 112 cm³/mol. The highest BCUT2D eigenvalue weighted by atomic mass is 16.5. The van der Waals surface area contributed by atoms with Crippen molar-refractivity contribution >= 4 is 5.91 Å². The zero-order chi connectivity index (χ0) is 19.6. The summed E-state index contributed by atoms with van der Waals surface area (Å²) in [6.07, 6.45) is 9.87. The molecule has 0 N–H and O–H groups in total. The maximum atomic E-state index is 13.0. The van der Waals surface area contributed by atoms with Crippen LogP contribution in [0, 0.1) is 11.3 Å². The summed E-state index contributed by atoms with van der Waals surface area (Å²) in [7, 11) is 0. The zero-order valence-electron chi connectivity index (χ0n) is 18.3. The molecule has 28 heavy (non-hydrogen) atoms. The fourth-order valence-corrected chi connectivity index (χ4v) is 6.33. The van der Waals surface area contributed by atoms with E-state index < -0.39 is 0 Å². The summed E-state index contributed by atoms with van der Waals surface area (Å²) in [6.45, 7) is 14.2. The molecule has 5 nitrogen and oxygen atoms in total. The van der Waals surface area contributed by atoms with Gasteiger partial charge in [-0.05, 0) is 52.5 Å². The molecule has 4 fully saturated rings. The molecule has 1 amide bonds. The van der Waals surface area contributed by atoms with Crippen molar-refractivity contribution in [3.63, 3.8) is 0 Å². The maximum absolute atomic E-state index is 13.0. The average molecular weight is 392 g/mol. The van der Waals surface area contributed by atoms with Gasteiger partial charge in [-0.2, -0.15) is 0 Å². The lowest BCUT2D eigenvalue weighted by atomic mass is 9.78. The van der Waals surface area contributed by atoms with Crippen molar-refractivity contribution in [3.05, 3.63) is 0 Å². The van der Waals surface area contributed by atoms with E-state index in [0.29, 0.717) is 17.2 Å². The standard InChI is InChI=1S/C23H41N3O2/c1-22(2,26-13-15-28-16-14-26)17-24-11-6-9-23(18-24)10-12-25(19-23)21(27)20-7-4-3-5-8-20/h20H,3-19H2,1-2H3/t23-/m0/s1. The van der Waals surface area contributed by atoms with Gasteiger partial charge in [0, 0.05) is 56.1 Å². The summed E-state index contributed by atoms with van der Waals surface area (Å²) in [5, 5.41) is 0. The molecule has 4 aliphatic rings. The van der Waals surface area contributed by atoms with Crippen molar-refractivity contribution in [1.29, 1.82) is 0 Å². The van der Waals surface area contributed by atoms with Gasteiger partial charge in [-0.1, -0.05) is 19.3 Å². The largest absolute Gasteiger partial charge is 0.379 e. The van der Waals surface area contributed by atoms with Crippen molar-refractivity contribution in [2.24, 2.45) is 11.3 Å². The lowest BCUT2D eigenvalue weighted by Crippen LogP contribution is -2.57. The van der Waals surface area contributed by atoms with Crippen LogP contribution in [0.15, 0.2) is 0 Å². The average Bonchev–Trinajstić information content (AvgIpc) is 3.11. The molecule has 3 aliphatic heterocycles. The smallest absolute Gasteiger partial charge is 0.225 e. The summed E-state index contributed by atoms with van der Waals surface area (Å²) >= 11 is 0. The van der Waals surface area contributed by atoms with Gasteiger partial charge in [0.05, 0.1) is 13.2 Å². The van der Waals surface area contributed by atoms with Crippen LogP contribution in [0.2, 0.25) is 0 Å². The Morgan fingerprint density at radius 3 is 2.46 bits per heavy atom. The van der Waals surface area contributed by atoms with Gasteiger partial charge in [-0.3, -0.25) is 9.69 Å². The van der Waals surface area contributed by atoms with E-state index in [1.54, 1.807) is 0 Å². The molecule has 3 saturated heterocycles. The molecule has 0 aromatic heterocycles. The van der Waals surface area contributed by atoms with E-state index in [1.165, 1.54) is 51.6 Å². The fourth-order valence-electron chi connectivity index (χ4n) is 6.33. The number of carbonyl (C=O) groups is 1. The van der Waals surface area contributed by atoms with Crippen LogP contribution in [0.5, 0.6) is 0 Å². The van der Waals surface area contributed by atoms with E-state index in [-0.39, 0.29) is 5.54 Å². The number of likely N-dealkylation sites (tertiary alicyclic amines) is 2. The molecular formula is C23H41N3O2. The van der Waals surface area contributed by atoms with Crippen LogP contribution in [-0.4, -0.2) is 85.2 Å². The molecule has 3 heterocycles. The van der Waals surface area contributed by atoms with E-state index in [9.17, 15) is 4.79 Å². The first kappa shape index (κ1) is 20.6. The summed E-state index contributed by atoms with van der Waals surface area (Å²) < 4.78 is 5.55. The van der Waals surface area contributed by atoms with Crippen molar-refractivity contribution in [2.75, 3.05) is 59.0 Å². The highest BCUT2D eigenvalue weighted by Gasteiger charge is 2.44. The first-order chi connectivity index (χ1) is 13.5. The Kier molecular flexibility index (Phi) is 6.34. The van der Waals surface area contributed by atoms with Crippen LogP contribution in [0.1, 0.15) is 65.2 Å². The Bertz CT molecular complexity index is 540. The van der Waals surface area contributed by atoms with Crippen LogP contribution in [0.4, 0.5) is 0 Å². The molecule has 0 bridgehead atoms. The number of hydrogen-bond acceptors (Lipinski definition) is 4. The van der Waals surface area contributed by atoms with Crippen molar-refractivity contribution < 1.29 is 9.53 Å². The molecular weight excluding hydrogens is 350 g/mol. The van der Waals surface area contributed by atoms with Gasteiger partial charge in [0.15, 0.2) is 0 Å². The maximum Gasteiger partial charge on any atom is 0.225 e. The minimum Gasteiger partial charge on any atom is -0.379 e. The lowest BCUT2D eigenvalue weighted by molar-refractivity contribution is -0.136. The summed E-state index contributed by atoms with van der Waals surface area (Å²) in [5.74, 6) is 0.797. The van der Waals surface area contributed by atoms with Gasteiger partial charge in [0.25, 0.3) is 0 Å². The molecule has 0 radical (unpaired) electrons. The number of ether oxygens (including phenoxy) is 1. The van der Waals surface area contributed by atoms with Gasteiger partial charge in [-0.15, -0.1) is 0 Å². The third-order valence-corrected chi connectivity index (χ3v) is 7.92. The predicted octanol–water partition coefficient (Wildman–Crippen LogP) is 2.99. The second-order valence-corrected chi connectivity index (χ2v) is 10.6. The Morgan fingerprint density at radius 2 is 1.71 bits per heavy atom. The molecule has 0 unspecified atom stereocenters. The quantitative estimate of drug-likeness (QED) is 0.738. The molecule has 5 heteroatoms. The Balaban J connectivity index is 1.33. The molecule has 0 aromatic rings. The molecule has 4 rings (SSSR count). The molecule has 1 aliphatic carbocycles. The third-order valence-electron chi connectivity index (χ3n) is 7.92. The number of morpholine rings is 1. The number of piperidine rings is 1. The van der Waals surface area contributed by atoms with Crippen molar-refractivity contribution in [1.82, 2.24) is 14.7 Å². The highest BCUT2D eigenvalue weighted by molar-refractivity contribution is 5.79. The van der Waals surface area contributed by atoms with E-state index in [0.717, 1.165) is 58.8 Å². The number of hydrogen-bond donors (Lipinski definition) is 0. The van der Waals surface area contributed by atoms with Crippen LogP contribution in [-0.2, 0) is 9.53 Å². The molecule has 1 atom stereocenters. The van der Waals surface area contributed by atoms with E-state index >= 15 is 0 Å².